The minimum absolute atomic E-state index is 0.0204. The summed E-state index contributed by atoms with van der Waals surface area (Å²) in [6.07, 6.45) is 2.69. The number of phenolic OH excluding ortho intramolecular Hbond substituents is 2. The van der Waals surface area contributed by atoms with Gasteiger partial charge < -0.3 is 19.7 Å². The number of epoxide rings is 1. The Hall–Kier alpha value is -2.03. The number of ketones is 1. The Kier molecular flexibility index (Phi) is 6.55. The van der Waals surface area contributed by atoms with Crippen LogP contribution in [0.1, 0.15) is 42.6 Å². The predicted octanol–water partition coefficient (Wildman–Crippen LogP) is 3.17. The average molecular weight is 441 g/mol. The minimum atomic E-state index is -0.834. The van der Waals surface area contributed by atoms with Crippen LogP contribution in [0.3, 0.4) is 0 Å². The Morgan fingerprint density at radius 1 is 1.28 bits per heavy atom. The molecule has 1 saturated heterocycles. The molecule has 2 aliphatic heterocycles. The van der Waals surface area contributed by atoms with E-state index in [2.05, 4.69) is 0 Å². The molecule has 7 nitrogen and oxygen atoms in total. The van der Waals surface area contributed by atoms with Gasteiger partial charge in [0.1, 0.15) is 35.1 Å². The van der Waals surface area contributed by atoms with E-state index in [-0.39, 0.29) is 57.3 Å². The summed E-state index contributed by atoms with van der Waals surface area (Å²) in [7, 11) is 0. The fourth-order valence-corrected chi connectivity index (χ4v) is 4.50. The maximum atomic E-state index is 12.7. The summed E-state index contributed by atoms with van der Waals surface area (Å²) in [5, 5.41) is 19.6. The first-order valence-corrected chi connectivity index (χ1v) is 10.4. The molecule has 0 aromatic heterocycles. The van der Waals surface area contributed by atoms with Crippen molar-refractivity contribution in [2.24, 2.45) is 0 Å². The Bertz CT molecular complexity index is 882. The molecule has 0 bridgehead atoms. The van der Waals surface area contributed by atoms with Crippen molar-refractivity contribution >= 4 is 40.2 Å². The summed E-state index contributed by atoms with van der Waals surface area (Å²) in [6, 6.07) is 0.949. The van der Waals surface area contributed by atoms with Gasteiger partial charge in [-0.25, -0.2) is 4.79 Å². The Morgan fingerprint density at radius 2 is 2.00 bits per heavy atom. The number of allylic oxidation sites excluding steroid dienone is 1. The van der Waals surface area contributed by atoms with Crippen LogP contribution in [0.2, 0.25) is 5.02 Å². The van der Waals surface area contributed by atoms with Gasteiger partial charge in [0.15, 0.2) is 5.12 Å². The summed E-state index contributed by atoms with van der Waals surface area (Å²) in [4.78, 5) is 36.7. The standard InChI is InChI=1S/C20H21ClO7S/c1-9-6-15-19(28-15)16(29-10(2)22)5-3-4-11(23)7-12-17(20(26)27-9)13(24)8-14(25)18(12)21/h3,5,8-9,15-16,19,24-25H,4,6-7H2,1-2H3/b5-3+/t9-,15-,16-,19+/m1/s1. The minimum Gasteiger partial charge on any atom is -0.507 e. The number of fused-ring (bicyclic) bond motifs is 2. The van der Waals surface area contributed by atoms with Crippen LogP contribution in [0.15, 0.2) is 18.2 Å². The van der Waals surface area contributed by atoms with Gasteiger partial charge in [0.25, 0.3) is 0 Å². The van der Waals surface area contributed by atoms with E-state index in [1.165, 1.54) is 6.92 Å². The smallest absolute Gasteiger partial charge is 0.342 e. The highest BCUT2D eigenvalue weighted by Gasteiger charge is 2.45. The summed E-state index contributed by atoms with van der Waals surface area (Å²) in [6.45, 7) is 3.16. The van der Waals surface area contributed by atoms with Crippen LogP contribution >= 0.6 is 23.4 Å². The van der Waals surface area contributed by atoms with Gasteiger partial charge in [-0.05, 0) is 6.92 Å². The molecule has 2 aliphatic rings. The number of carbonyl (C=O) groups excluding carboxylic acids is 3. The number of aromatic hydroxyl groups is 2. The number of thioether (sulfide) groups is 1. The van der Waals surface area contributed by atoms with E-state index in [9.17, 15) is 24.6 Å². The van der Waals surface area contributed by atoms with Gasteiger partial charge >= 0.3 is 5.97 Å². The number of benzene rings is 1. The molecular weight excluding hydrogens is 420 g/mol. The van der Waals surface area contributed by atoms with E-state index < -0.39 is 23.6 Å². The van der Waals surface area contributed by atoms with Crippen molar-refractivity contribution < 1.29 is 34.1 Å². The van der Waals surface area contributed by atoms with Gasteiger partial charge in [-0.2, -0.15) is 0 Å². The van der Waals surface area contributed by atoms with Crippen LogP contribution in [0, 0.1) is 0 Å². The van der Waals surface area contributed by atoms with Crippen molar-refractivity contribution in [3.63, 3.8) is 0 Å². The molecule has 0 spiro atoms. The van der Waals surface area contributed by atoms with E-state index in [0.717, 1.165) is 17.8 Å². The number of Topliss-reactive ketones (excluding diaryl/α,β-unsaturated/α-hetero) is 1. The van der Waals surface area contributed by atoms with Gasteiger partial charge in [-0.15, -0.1) is 0 Å². The molecule has 0 amide bonds. The molecular formula is C20H21ClO7S. The third-order valence-corrected chi connectivity index (χ3v) is 6.14. The third kappa shape index (κ3) is 5.12. The largest absolute Gasteiger partial charge is 0.507 e. The monoisotopic (exact) mass is 440 g/mol. The van der Waals surface area contributed by atoms with Crippen LogP contribution in [0.5, 0.6) is 11.5 Å². The van der Waals surface area contributed by atoms with Crippen molar-refractivity contribution in [3.05, 3.63) is 34.4 Å². The maximum absolute atomic E-state index is 12.7. The van der Waals surface area contributed by atoms with Gasteiger partial charge in [0.05, 0.1) is 16.4 Å². The molecule has 1 aromatic rings. The maximum Gasteiger partial charge on any atom is 0.342 e. The van der Waals surface area contributed by atoms with Gasteiger partial charge in [0, 0.05) is 37.8 Å². The normalized spacial score (nSPS) is 28.5. The molecule has 9 heteroatoms. The van der Waals surface area contributed by atoms with Crippen LogP contribution in [0.4, 0.5) is 0 Å². The quantitative estimate of drug-likeness (QED) is 0.389. The SMILES string of the molecule is CC(=O)S[C@@H]1/C=C/CC(=O)Cc2c(Cl)c(O)cc(O)c2C(=O)O[C@H](C)C[C@H]2O[C@@H]21. The van der Waals surface area contributed by atoms with E-state index in [1.54, 1.807) is 19.1 Å². The number of hydrogen-bond donors (Lipinski definition) is 2. The number of halogens is 1. The predicted molar refractivity (Wildman–Crippen MR) is 107 cm³/mol. The molecule has 4 atom stereocenters. The van der Waals surface area contributed by atoms with Crippen molar-refractivity contribution in [3.8, 4) is 11.5 Å². The lowest BCUT2D eigenvalue weighted by atomic mass is 9.98. The molecule has 156 valence electrons. The van der Waals surface area contributed by atoms with E-state index in [4.69, 9.17) is 21.1 Å². The molecule has 1 fully saturated rings. The van der Waals surface area contributed by atoms with Crippen LogP contribution in [-0.4, -0.2) is 50.6 Å². The molecule has 2 heterocycles. The van der Waals surface area contributed by atoms with E-state index in [1.807, 2.05) is 0 Å². The number of rotatable bonds is 1. The molecule has 29 heavy (non-hydrogen) atoms. The molecule has 0 unspecified atom stereocenters. The fourth-order valence-electron chi connectivity index (χ4n) is 3.34. The highest BCUT2D eigenvalue weighted by Crippen LogP contribution is 2.39. The molecule has 3 rings (SSSR count). The first-order chi connectivity index (χ1) is 13.7. The lowest BCUT2D eigenvalue weighted by Crippen LogP contribution is -2.21. The summed E-state index contributed by atoms with van der Waals surface area (Å²) >= 11 is 7.24. The summed E-state index contributed by atoms with van der Waals surface area (Å²) in [5.41, 5.74) is -0.209. The second kappa shape index (κ2) is 8.77. The van der Waals surface area contributed by atoms with E-state index >= 15 is 0 Å². The topological polar surface area (TPSA) is 113 Å². The lowest BCUT2D eigenvalue weighted by Gasteiger charge is -2.17. The average Bonchev–Trinajstić information content (AvgIpc) is 3.36. The molecule has 0 saturated carbocycles. The number of ether oxygens (including phenoxy) is 2. The molecule has 2 N–H and O–H groups in total. The summed E-state index contributed by atoms with van der Waals surface area (Å²) in [5.74, 6) is -2.06. The van der Waals surface area contributed by atoms with Gasteiger partial charge in [-0.1, -0.05) is 35.5 Å². The molecule has 1 aromatic carbocycles. The van der Waals surface area contributed by atoms with E-state index in [0.29, 0.717) is 6.42 Å². The van der Waals surface area contributed by atoms with Crippen molar-refractivity contribution in [1.29, 1.82) is 0 Å². The second-order valence-electron chi connectivity index (χ2n) is 7.09. The van der Waals surface area contributed by atoms with Crippen LogP contribution < -0.4 is 0 Å². The second-order valence-corrected chi connectivity index (χ2v) is 8.83. The number of carbonyl (C=O) groups is 3. The number of phenols is 2. The van der Waals surface area contributed by atoms with Crippen LogP contribution in [0.25, 0.3) is 0 Å². The highest BCUT2D eigenvalue weighted by atomic mass is 35.5. The lowest BCUT2D eigenvalue weighted by molar-refractivity contribution is -0.117. The number of cyclic esters (lactones) is 1. The Morgan fingerprint density at radius 3 is 2.69 bits per heavy atom. The van der Waals surface area contributed by atoms with Crippen LogP contribution in [-0.2, 0) is 25.5 Å². The number of hydrogen-bond acceptors (Lipinski definition) is 8. The first-order valence-electron chi connectivity index (χ1n) is 9.12. The molecule has 0 radical (unpaired) electrons. The Labute approximate surface area is 177 Å². The first kappa shape index (κ1) is 21.7. The summed E-state index contributed by atoms with van der Waals surface area (Å²) < 4.78 is 11.1. The van der Waals surface area contributed by atoms with Crippen molar-refractivity contribution in [1.82, 2.24) is 0 Å². The Balaban J connectivity index is 1.95. The fraction of sp³-hybridized carbons (Fsp3) is 0.450. The van der Waals surface area contributed by atoms with Crippen molar-refractivity contribution in [2.75, 3.05) is 0 Å². The number of esters is 1. The highest BCUT2D eigenvalue weighted by molar-refractivity contribution is 8.14. The zero-order chi connectivity index (χ0) is 21.3. The van der Waals surface area contributed by atoms with Gasteiger partial charge in [0.2, 0.25) is 0 Å². The van der Waals surface area contributed by atoms with Gasteiger partial charge in [-0.3, -0.25) is 9.59 Å². The zero-order valence-corrected chi connectivity index (χ0v) is 17.5. The van der Waals surface area contributed by atoms with Crippen molar-refractivity contribution in [2.45, 2.75) is 56.7 Å². The zero-order valence-electron chi connectivity index (χ0n) is 15.9. The third-order valence-electron chi connectivity index (χ3n) is 4.69. The molecule has 0 aliphatic carbocycles.